The number of hydrazine groups is 1. The molecule has 0 spiro atoms. The van der Waals surface area contributed by atoms with Gasteiger partial charge in [0, 0.05) is 18.3 Å². The molecule has 4 N–H and O–H groups in total. The van der Waals surface area contributed by atoms with Crippen LogP contribution in [0.1, 0.15) is 44.6 Å². The maximum absolute atomic E-state index is 5.34. The van der Waals surface area contributed by atoms with Crippen LogP contribution in [0.3, 0.4) is 0 Å². The Balaban J connectivity index is 1.85. The summed E-state index contributed by atoms with van der Waals surface area (Å²) in [7, 11) is 0. The van der Waals surface area contributed by atoms with Gasteiger partial charge in [-0.2, -0.15) is 4.98 Å². The average Bonchev–Trinajstić information content (AvgIpc) is 2.47. The van der Waals surface area contributed by atoms with Gasteiger partial charge in [-0.25, -0.2) is 10.8 Å². The second-order valence-corrected chi connectivity index (χ2v) is 5.55. The summed E-state index contributed by atoms with van der Waals surface area (Å²) in [4.78, 5) is 8.43. The molecule has 1 saturated carbocycles. The van der Waals surface area contributed by atoms with Gasteiger partial charge in [0.25, 0.3) is 0 Å². The molecule has 1 aromatic rings. The van der Waals surface area contributed by atoms with Gasteiger partial charge in [0.05, 0.1) is 0 Å². The average molecular weight is 263 g/mol. The van der Waals surface area contributed by atoms with Crippen molar-refractivity contribution in [2.45, 2.75) is 46.0 Å². The standard InChI is InChI=1S/C14H25N5/c1-3-11-4-6-12(7-5-11)9-16-13-10(2)8-17-14(18-13)19-15/h8,11-12H,3-7,9,15H2,1-2H3,(H2,16,17,18,19). The Kier molecular flexibility index (Phi) is 4.96. The third kappa shape index (κ3) is 3.80. The molecule has 19 heavy (non-hydrogen) atoms. The molecule has 1 aliphatic rings. The molecule has 0 radical (unpaired) electrons. The number of nitrogens with one attached hydrogen (secondary N) is 2. The molecule has 0 unspecified atom stereocenters. The summed E-state index contributed by atoms with van der Waals surface area (Å²) in [6.45, 7) is 5.31. The molecule has 106 valence electrons. The predicted molar refractivity (Wildman–Crippen MR) is 78.8 cm³/mol. The van der Waals surface area contributed by atoms with Crippen LogP contribution in [-0.4, -0.2) is 16.5 Å². The zero-order chi connectivity index (χ0) is 13.7. The van der Waals surface area contributed by atoms with E-state index in [1.54, 1.807) is 6.20 Å². The molecule has 1 aromatic heterocycles. The number of hydrogen-bond acceptors (Lipinski definition) is 5. The SMILES string of the molecule is CCC1CCC(CNc2nc(NN)ncc2C)CC1. The zero-order valence-corrected chi connectivity index (χ0v) is 11.9. The normalized spacial score (nSPS) is 23.1. The van der Waals surface area contributed by atoms with Gasteiger partial charge in [-0.05, 0) is 31.6 Å². The Labute approximate surface area is 115 Å². The summed E-state index contributed by atoms with van der Waals surface area (Å²) in [5.74, 6) is 8.40. The molecule has 1 fully saturated rings. The quantitative estimate of drug-likeness (QED) is 0.562. The van der Waals surface area contributed by atoms with Gasteiger partial charge in [-0.1, -0.05) is 26.2 Å². The molecule has 1 aliphatic carbocycles. The predicted octanol–water partition coefficient (Wildman–Crippen LogP) is 2.70. The van der Waals surface area contributed by atoms with Crippen LogP contribution in [-0.2, 0) is 0 Å². The first-order chi connectivity index (χ1) is 9.22. The number of rotatable bonds is 5. The summed E-state index contributed by atoms with van der Waals surface area (Å²) in [6.07, 6.45) is 8.53. The Morgan fingerprint density at radius 3 is 2.58 bits per heavy atom. The van der Waals surface area contributed by atoms with E-state index in [1.807, 2.05) is 6.92 Å². The molecule has 0 aromatic carbocycles. The summed E-state index contributed by atoms with van der Waals surface area (Å²) >= 11 is 0. The van der Waals surface area contributed by atoms with Crippen molar-refractivity contribution in [3.8, 4) is 0 Å². The lowest BCUT2D eigenvalue weighted by atomic mass is 9.81. The number of aryl methyl sites for hydroxylation is 1. The highest BCUT2D eigenvalue weighted by Gasteiger charge is 2.19. The van der Waals surface area contributed by atoms with E-state index in [0.717, 1.165) is 29.8 Å². The minimum absolute atomic E-state index is 0.461. The highest BCUT2D eigenvalue weighted by Crippen LogP contribution is 2.30. The molecule has 5 nitrogen and oxygen atoms in total. The van der Waals surface area contributed by atoms with Crippen LogP contribution >= 0.6 is 0 Å². The van der Waals surface area contributed by atoms with Gasteiger partial charge < -0.3 is 5.32 Å². The molecular formula is C14H25N5. The molecule has 0 amide bonds. The molecular weight excluding hydrogens is 238 g/mol. The highest BCUT2D eigenvalue weighted by molar-refractivity contribution is 5.45. The van der Waals surface area contributed by atoms with Crippen molar-refractivity contribution in [1.82, 2.24) is 9.97 Å². The van der Waals surface area contributed by atoms with Crippen molar-refractivity contribution in [2.75, 3.05) is 17.3 Å². The fourth-order valence-corrected chi connectivity index (χ4v) is 2.78. The smallest absolute Gasteiger partial charge is 0.239 e. The van der Waals surface area contributed by atoms with Crippen LogP contribution in [0.5, 0.6) is 0 Å². The van der Waals surface area contributed by atoms with Crippen molar-refractivity contribution in [3.63, 3.8) is 0 Å². The van der Waals surface area contributed by atoms with Crippen LogP contribution in [0, 0.1) is 18.8 Å². The van der Waals surface area contributed by atoms with Gasteiger partial charge >= 0.3 is 0 Å². The minimum Gasteiger partial charge on any atom is -0.369 e. The maximum atomic E-state index is 5.34. The van der Waals surface area contributed by atoms with Crippen LogP contribution < -0.4 is 16.6 Å². The van der Waals surface area contributed by atoms with Crippen LogP contribution in [0.2, 0.25) is 0 Å². The van der Waals surface area contributed by atoms with Crippen LogP contribution in [0.4, 0.5) is 11.8 Å². The maximum Gasteiger partial charge on any atom is 0.239 e. The Morgan fingerprint density at radius 1 is 1.26 bits per heavy atom. The molecule has 0 aliphatic heterocycles. The first kappa shape index (κ1) is 14.1. The number of nitrogens with two attached hydrogens (primary N) is 1. The van der Waals surface area contributed by atoms with Gasteiger partial charge in [0.1, 0.15) is 5.82 Å². The fourth-order valence-electron chi connectivity index (χ4n) is 2.78. The monoisotopic (exact) mass is 263 g/mol. The van der Waals surface area contributed by atoms with Gasteiger partial charge in [0.15, 0.2) is 0 Å². The van der Waals surface area contributed by atoms with Crippen molar-refractivity contribution < 1.29 is 0 Å². The van der Waals surface area contributed by atoms with Crippen molar-refractivity contribution in [2.24, 2.45) is 17.7 Å². The van der Waals surface area contributed by atoms with Crippen molar-refractivity contribution >= 4 is 11.8 Å². The van der Waals surface area contributed by atoms with E-state index < -0.39 is 0 Å². The third-order valence-corrected chi connectivity index (χ3v) is 4.20. The van der Waals surface area contributed by atoms with E-state index in [-0.39, 0.29) is 0 Å². The van der Waals surface area contributed by atoms with Gasteiger partial charge in [-0.3, -0.25) is 5.43 Å². The van der Waals surface area contributed by atoms with E-state index in [1.165, 1.54) is 32.1 Å². The zero-order valence-electron chi connectivity index (χ0n) is 11.9. The number of hydrogen-bond donors (Lipinski definition) is 3. The number of anilines is 2. The molecule has 0 atom stereocenters. The summed E-state index contributed by atoms with van der Waals surface area (Å²) in [5.41, 5.74) is 3.54. The van der Waals surface area contributed by atoms with Gasteiger partial charge in [0.2, 0.25) is 5.95 Å². The van der Waals surface area contributed by atoms with E-state index in [2.05, 4.69) is 27.6 Å². The first-order valence-corrected chi connectivity index (χ1v) is 7.27. The molecule has 1 heterocycles. The largest absolute Gasteiger partial charge is 0.369 e. The van der Waals surface area contributed by atoms with E-state index >= 15 is 0 Å². The summed E-state index contributed by atoms with van der Waals surface area (Å²) < 4.78 is 0. The lowest BCUT2D eigenvalue weighted by molar-refractivity contribution is 0.278. The molecule has 0 bridgehead atoms. The van der Waals surface area contributed by atoms with Crippen molar-refractivity contribution in [1.29, 1.82) is 0 Å². The summed E-state index contributed by atoms with van der Waals surface area (Å²) in [6, 6.07) is 0. The molecule has 0 saturated heterocycles. The lowest BCUT2D eigenvalue weighted by Gasteiger charge is -2.28. The van der Waals surface area contributed by atoms with Crippen LogP contribution in [0.15, 0.2) is 6.20 Å². The Bertz CT molecular complexity index is 399. The van der Waals surface area contributed by atoms with Gasteiger partial charge in [-0.15, -0.1) is 0 Å². The number of aromatic nitrogens is 2. The number of nitrogens with zero attached hydrogens (tertiary/aromatic N) is 2. The summed E-state index contributed by atoms with van der Waals surface area (Å²) in [5, 5.41) is 3.44. The highest BCUT2D eigenvalue weighted by atomic mass is 15.3. The van der Waals surface area contributed by atoms with E-state index in [4.69, 9.17) is 5.84 Å². The minimum atomic E-state index is 0.461. The van der Waals surface area contributed by atoms with E-state index in [9.17, 15) is 0 Å². The lowest BCUT2D eigenvalue weighted by Crippen LogP contribution is -2.22. The van der Waals surface area contributed by atoms with Crippen LogP contribution in [0.25, 0.3) is 0 Å². The fraction of sp³-hybridized carbons (Fsp3) is 0.714. The second kappa shape index (κ2) is 6.70. The second-order valence-electron chi connectivity index (χ2n) is 5.55. The topological polar surface area (TPSA) is 75.9 Å². The van der Waals surface area contributed by atoms with Crippen molar-refractivity contribution in [3.05, 3.63) is 11.8 Å². The third-order valence-electron chi connectivity index (χ3n) is 4.20. The number of nitrogen functional groups attached to an aromatic ring is 1. The Hall–Kier alpha value is -1.36. The Morgan fingerprint density at radius 2 is 1.95 bits per heavy atom. The molecule has 5 heteroatoms. The first-order valence-electron chi connectivity index (χ1n) is 7.27. The molecule has 2 rings (SSSR count). The van der Waals surface area contributed by atoms with E-state index in [0.29, 0.717) is 5.95 Å².